The van der Waals surface area contributed by atoms with E-state index in [0.717, 1.165) is 19.4 Å². The van der Waals surface area contributed by atoms with Crippen LogP contribution in [0.3, 0.4) is 0 Å². The predicted molar refractivity (Wildman–Crippen MR) is 46.7 cm³/mol. The third-order valence-electron chi connectivity index (χ3n) is 1.95. The van der Waals surface area contributed by atoms with Crippen molar-refractivity contribution in [2.75, 3.05) is 19.8 Å². The molecule has 3 nitrogen and oxygen atoms in total. The summed E-state index contributed by atoms with van der Waals surface area (Å²) in [5.74, 6) is 0.198. The average Bonchev–Trinajstić information content (AvgIpc) is 2.56. The monoisotopic (exact) mass is 169 g/mol. The van der Waals surface area contributed by atoms with Crippen LogP contribution in [0.5, 0.6) is 0 Å². The minimum Gasteiger partial charge on any atom is -0.381 e. The van der Waals surface area contributed by atoms with Crippen molar-refractivity contribution in [1.82, 2.24) is 5.32 Å². The van der Waals surface area contributed by atoms with Gasteiger partial charge in [-0.05, 0) is 12.8 Å². The Bertz CT molecular complexity index is 162. The standard InChI is InChI=1S/C9H15NO2/c1-2-3-5-10-9(11)8-4-6-12-7-8/h2,8H,1,3-7H2,(H,10,11). The Hall–Kier alpha value is -0.830. The summed E-state index contributed by atoms with van der Waals surface area (Å²) in [5, 5.41) is 2.84. The minimum atomic E-state index is 0.0785. The van der Waals surface area contributed by atoms with Crippen molar-refractivity contribution in [1.29, 1.82) is 0 Å². The molecule has 0 aliphatic carbocycles. The summed E-state index contributed by atoms with van der Waals surface area (Å²) in [6, 6.07) is 0. The molecule has 0 radical (unpaired) electrons. The number of amides is 1. The third kappa shape index (κ3) is 2.66. The average molecular weight is 169 g/mol. The largest absolute Gasteiger partial charge is 0.381 e. The molecule has 0 aromatic carbocycles. The molecule has 68 valence electrons. The Kier molecular flexibility index (Phi) is 3.80. The van der Waals surface area contributed by atoms with Crippen LogP contribution in [-0.4, -0.2) is 25.7 Å². The van der Waals surface area contributed by atoms with E-state index in [2.05, 4.69) is 11.9 Å². The molecule has 1 fully saturated rings. The van der Waals surface area contributed by atoms with Gasteiger partial charge >= 0.3 is 0 Å². The van der Waals surface area contributed by atoms with Crippen molar-refractivity contribution in [3.05, 3.63) is 12.7 Å². The van der Waals surface area contributed by atoms with Gasteiger partial charge < -0.3 is 10.1 Å². The second kappa shape index (κ2) is 4.93. The van der Waals surface area contributed by atoms with E-state index in [0.29, 0.717) is 13.2 Å². The highest BCUT2D eigenvalue weighted by Crippen LogP contribution is 2.11. The smallest absolute Gasteiger partial charge is 0.225 e. The Balaban J connectivity index is 2.14. The molecule has 1 unspecified atom stereocenters. The van der Waals surface area contributed by atoms with Gasteiger partial charge in [0.05, 0.1) is 12.5 Å². The van der Waals surface area contributed by atoms with E-state index in [-0.39, 0.29) is 11.8 Å². The minimum absolute atomic E-state index is 0.0785. The summed E-state index contributed by atoms with van der Waals surface area (Å²) in [6.45, 7) is 5.58. The lowest BCUT2D eigenvalue weighted by atomic mass is 10.1. The molecule has 1 aliphatic rings. The second-order valence-electron chi connectivity index (χ2n) is 2.93. The molecule has 0 saturated carbocycles. The van der Waals surface area contributed by atoms with Crippen molar-refractivity contribution in [3.8, 4) is 0 Å². The van der Waals surface area contributed by atoms with E-state index in [1.807, 2.05) is 0 Å². The molecule has 1 N–H and O–H groups in total. The van der Waals surface area contributed by atoms with Crippen LogP contribution in [0.15, 0.2) is 12.7 Å². The van der Waals surface area contributed by atoms with Crippen molar-refractivity contribution < 1.29 is 9.53 Å². The van der Waals surface area contributed by atoms with Crippen molar-refractivity contribution in [3.63, 3.8) is 0 Å². The number of ether oxygens (including phenoxy) is 1. The maximum Gasteiger partial charge on any atom is 0.225 e. The van der Waals surface area contributed by atoms with Crippen molar-refractivity contribution in [2.24, 2.45) is 5.92 Å². The molecular weight excluding hydrogens is 154 g/mol. The fourth-order valence-electron chi connectivity index (χ4n) is 1.18. The van der Waals surface area contributed by atoms with E-state index >= 15 is 0 Å². The Morgan fingerprint density at radius 1 is 1.75 bits per heavy atom. The zero-order chi connectivity index (χ0) is 8.81. The molecular formula is C9H15NO2. The summed E-state index contributed by atoms with van der Waals surface area (Å²) >= 11 is 0. The zero-order valence-electron chi connectivity index (χ0n) is 7.21. The van der Waals surface area contributed by atoms with Crippen molar-refractivity contribution >= 4 is 5.91 Å². The van der Waals surface area contributed by atoms with Crippen molar-refractivity contribution in [2.45, 2.75) is 12.8 Å². The Morgan fingerprint density at radius 2 is 2.58 bits per heavy atom. The third-order valence-corrected chi connectivity index (χ3v) is 1.95. The van der Waals surface area contributed by atoms with E-state index in [1.165, 1.54) is 0 Å². The fraction of sp³-hybridized carbons (Fsp3) is 0.667. The van der Waals surface area contributed by atoms with Crippen LogP contribution < -0.4 is 5.32 Å². The Morgan fingerprint density at radius 3 is 3.17 bits per heavy atom. The van der Waals surface area contributed by atoms with Crippen LogP contribution in [0.4, 0.5) is 0 Å². The Labute approximate surface area is 72.8 Å². The van der Waals surface area contributed by atoms with Gasteiger partial charge in [0.1, 0.15) is 0 Å². The summed E-state index contributed by atoms with van der Waals surface area (Å²) in [5.41, 5.74) is 0. The van der Waals surface area contributed by atoms with Crippen LogP contribution in [0, 0.1) is 5.92 Å². The molecule has 1 saturated heterocycles. The lowest BCUT2D eigenvalue weighted by Gasteiger charge is -2.07. The van der Waals surface area contributed by atoms with Gasteiger partial charge in [-0.2, -0.15) is 0 Å². The molecule has 0 bridgehead atoms. The normalized spacial score (nSPS) is 22.2. The predicted octanol–water partition coefficient (Wildman–Crippen LogP) is 0.715. The van der Waals surface area contributed by atoms with E-state index in [9.17, 15) is 4.79 Å². The van der Waals surface area contributed by atoms with Gasteiger partial charge in [0.15, 0.2) is 0 Å². The highest BCUT2D eigenvalue weighted by Gasteiger charge is 2.22. The lowest BCUT2D eigenvalue weighted by Crippen LogP contribution is -2.31. The molecule has 0 spiro atoms. The molecule has 1 amide bonds. The van der Waals surface area contributed by atoms with E-state index < -0.39 is 0 Å². The van der Waals surface area contributed by atoms with Crippen LogP contribution in [0.1, 0.15) is 12.8 Å². The summed E-state index contributed by atoms with van der Waals surface area (Å²) < 4.78 is 5.10. The fourth-order valence-corrected chi connectivity index (χ4v) is 1.18. The van der Waals surface area contributed by atoms with Crippen LogP contribution in [0.25, 0.3) is 0 Å². The maximum absolute atomic E-state index is 11.3. The van der Waals surface area contributed by atoms with Gasteiger partial charge in [-0.3, -0.25) is 4.79 Å². The van der Waals surface area contributed by atoms with Gasteiger partial charge in [0, 0.05) is 13.2 Å². The molecule has 1 atom stereocenters. The highest BCUT2D eigenvalue weighted by molar-refractivity contribution is 5.78. The van der Waals surface area contributed by atoms with Gasteiger partial charge in [0.2, 0.25) is 5.91 Å². The first-order valence-corrected chi connectivity index (χ1v) is 4.31. The number of nitrogens with one attached hydrogen (secondary N) is 1. The van der Waals surface area contributed by atoms with E-state index in [1.54, 1.807) is 6.08 Å². The van der Waals surface area contributed by atoms with E-state index in [4.69, 9.17) is 4.74 Å². The van der Waals surface area contributed by atoms with Crippen LogP contribution in [0.2, 0.25) is 0 Å². The van der Waals surface area contributed by atoms with Crippen LogP contribution >= 0.6 is 0 Å². The number of hydrogen-bond donors (Lipinski definition) is 1. The topological polar surface area (TPSA) is 38.3 Å². The van der Waals surface area contributed by atoms with Gasteiger partial charge in [-0.25, -0.2) is 0 Å². The summed E-state index contributed by atoms with van der Waals surface area (Å²) in [4.78, 5) is 11.3. The van der Waals surface area contributed by atoms with Crippen LogP contribution in [-0.2, 0) is 9.53 Å². The summed E-state index contributed by atoms with van der Waals surface area (Å²) in [6.07, 6.45) is 3.49. The first-order chi connectivity index (χ1) is 5.84. The second-order valence-corrected chi connectivity index (χ2v) is 2.93. The first kappa shape index (κ1) is 9.26. The molecule has 12 heavy (non-hydrogen) atoms. The highest BCUT2D eigenvalue weighted by atomic mass is 16.5. The number of hydrogen-bond acceptors (Lipinski definition) is 2. The molecule has 1 rings (SSSR count). The van der Waals surface area contributed by atoms with Gasteiger partial charge in [-0.1, -0.05) is 6.08 Å². The molecule has 0 aromatic heterocycles. The number of rotatable bonds is 4. The molecule has 1 heterocycles. The SMILES string of the molecule is C=CCCNC(=O)C1CCOC1. The number of carbonyl (C=O) groups excluding carboxylic acids is 1. The lowest BCUT2D eigenvalue weighted by molar-refractivity contribution is -0.124. The maximum atomic E-state index is 11.3. The number of carbonyl (C=O) groups is 1. The van der Waals surface area contributed by atoms with Gasteiger partial charge in [0.25, 0.3) is 0 Å². The molecule has 3 heteroatoms. The molecule has 0 aromatic rings. The quantitative estimate of drug-likeness (QED) is 0.497. The molecule has 1 aliphatic heterocycles. The first-order valence-electron chi connectivity index (χ1n) is 4.31. The zero-order valence-corrected chi connectivity index (χ0v) is 7.21. The van der Waals surface area contributed by atoms with Gasteiger partial charge in [-0.15, -0.1) is 6.58 Å². The summed E-state index contributed by atoms with van der Waals surface area (Å²) in [7, 11) is 0.